The van der Waals surface area contributed by atoms with E-state index in [2.05, 4.69) is 36.7 Å². The van der Waals surface area contributed by atoms with Crippen LogP contribution in [-0.4, -0.2) is 85.9 Å². The van der Waals surface area contributed by atoms with E-state index in [9.17, 15) is 14.4 Å². The van der Waals surface area contributed by atoms with E-state index in [4.69, 9.17) is 14.2 Å². The lowest BCUT2D eigenvalue weighted by molar-refractivity contribution is -0.136. The highest BCUT2D eigenvalue weighted by molar-refractivity contribution is 7.81. The number of hydrogen-bond donors (Lipinski definition) is 2. The van der Waals surface area contributed by atoms with Crippen molar-refractivity contribution in [2.75, 3.05) is 58.9 Å². The number of nitrogens with zero attached hydrogens (tertiary/aromatic N) is 2. The Bertz CT molecular complexity index is 1170. The van der Waals surface area contributed by atoms with Crippen molar-refractivity contribution in [3.63, 3.8) is 0 Å². The standard InChI is InChI=1S/C28H35N3O6S/c1-28(2,38)19-30-13-15-31(16-14-30)26(33)18-37-27(34)21-7-5-6-8-22(21)29-25(32)12-10-20-9-11-23(35-3)24(17-20)36-4/h5-12,17,38H,13-16,18-19H2,1-4H3,(H,29,32)/b12-10+. The van der Waals surface area contributed by atoms with Gasteiger partial charge in [0.2, 0.25) is 5.91 Å². The molecule has 0 radical (unpaired) electrons. The summed E-state index contributed by atoms with van der Waals surface area (Å²) in [5, 5.41) is 2.70. The Morgan fingerprint density at radius 2 is 1.68 bits per heavy atom. The molecular formula is C28H35N3O6S. The van der Waals surface area contributed by atoms with Crippen molar-refractivity contribution >= 4 is 42.2 Å². The van der Waals surface area contributed by atoms with E-state index in [-0.39, 0.29) is 28.5 Å². The molecule has 0 unspecified atom stereocenters. The molecule has 2 aromatic carbocycles. The third kappa shape index (κ3) is 8.53. The van der Waals surface area contributed by atoms with E-state index in [1.54, 1.807) is 60.6 Å². The van der Waals surface area contributed by atoms with Crippen molar-refractivity contribution in [3.05, 3.63) is 59.7 Å². The van der Waals surface area contributed by atoms with Crippen LogP contribution >= 0.6 is 12.6 Å². The highest BCUT2D eigenvalue weighted by Gasteiger charge is 2.25. The zero-order valence-electron chi connectivity index (χ0n) is 22.2. The minimum absolute atomic E-state index is 0.108. The topological polar surface area (TPSA) is 97.4 Å². The van der Waals surface area contributed by atoms with Gasteiger partial charge >= 0.3 is 5.97 Å². The normalized spacial score (nSPS) is 14.3. The van der Waals surface area contributed by atoms with Gasteiger partial charge in [-0.3, -0.25) is 14.5 Å². The zero-order chi connectivity index (χ0) is 27.7. The van der Waals surface area contributed by atoms with E-state index in [1.165, 1.54) is 13.2 Å². The quantitative estimate of drug-likeness (QED) is 0.270. The smallest absolute Gasteiger partial charge is 0.340 e. The number of para-hydroxylation sites is 1. The molecular weight excluding hydrogens is 506 g/mol. The van der Waals surface area contributed by atoms with Crippen molar-refractivity contribution < 1.29 is 28.6 Å². The molecule has 1 aliphatic rings. The molecule has 3 rings (SSSR count). The fourth-order valence-electron chi connectivity index (χ4n) is 4.07. The van der Waals surface area contributed by atoms with Crippen molar-refractivity contribution in [1.82, 2.24) is 9.80 Å². The van der Waals surface area contributed by atoms with Crippen LogP contribution in [0.3, 0.4) is 0 Å². The van der Waals surface area contributed by atoms with Gasteiger partial charge in [0.1, 0.15) is 0 Å². The second-order valence-corrected chi connectivity index (χ2v) is 10.7. The Labute approximate surface area is 229 Å². The van der Waals surface area contributed by atoms with Crippen LogP contribution in [0.1, 0.15) is 29.8 Å². The number of methoxy groups -OCH3 is 2. The van der Waals surface area contributed by atoms with Gasteiger partial charge in [-0.1, -0.05) is 18.2 Å². The summed E-state index contributed by atoms with van der Waals surface area (Å²) in [6, 6.07) is 11.8. The van der Waals surface area contributed by atoms with Crippen LogP contribution in [0.2, 0.25) is 0 Å². The second kappa shape index (κ2) is 13.3. The molecule has 0 saturated carbocycles. The summed E-state index contributed by atoms with van der Waals surface area (Å²) in [6.45, 7) is 7.21. The van der Waals surface area contributed by atoms with Gasteiger partial charge in [0.25, 0.3) is 5.91 Å². The highest BCUT2D eigenvalue weighted by atomic mass is 32.1. The Balaban J connectivity index is 1.54. The van der Waals surface area contributed by atoms with Crippen LogP contribution in [-0.2, 0) is 14.3 Å². The molecule has 0 atom stereocenters. The van der Waals surface area contributed by atoms with Crippen LogP contribution < -0.4 is 14.8 Å². The molecule has 0 aromatic heterocycles. The first kappa shape index (κ1) is 29.1. The Morgan fingerprint density at radius 3 is 2.34 bits per heavy atom. The summed E-state index contributed by atoms with van der Waals surface area (Å²) in [7, 11) is 3.08. The Kier molecular flexibility index (Phi) is 10.2. The number of anilines is 1. The molecule has 2 aromatic rings. The lowest BCUT2D eigenvalue weighted by Gasteiger charge is -2.37. The number of piperazine rings is 1. The molecule has 1 N–H and O–H groups in total. The van der Waals surface area contributed by atoms with Crippen LogP contribution in [0.15, 0.2) is 48.5 Å². The first-order valence-corrected chi connectivity index (χ1v) is 12.7. The van der Waals surface area contributed by atoms with Gasteiger partial charge in [-0.2, -0.15) is 12.6 Å². The number of esters is 1. The molecule has 1 aliphatic heterocycles. The van der Waals surface area contributed by atoms with Gasteiger partial charge < -0.3 is 24.4 Å². The summed E-state index contributed by atoms with van der Waals surface area (Å²) in [6.07, 6.45) is 2.97. The maximum Gasteiger partial charge on any atom is 0.340 e. The number of nitrogens with one attached hydrogen (secondary N) is 1. The third-order valence-corrected chi connectivity index (χ3v) is 6.04. The highest BCUT2D eigenvalue weighted by Crippen LogP contribution is 2.28. The predicted octanol–water partition coefficient (Wildman–Crippen LogP) is 3.37. The van der Waals surface area contributed by atoms with Gasteiger partial charge in [0.05, 0.1) is 25.5 Å². The Morgan fingerprint density at radius 1 is 1.00 bits per heavy atom. The molecule has 1 fully saturated rings. The number of benzene rings is 2. The minimum Gasteiger partial charge on any atom is -0.493 e. The van der Waals surface area contributed by atoms with Crippen LogP contribution in [0, 0.1) is 0 Å². The van der Waals surface area contributed by atoms with Crippen molar-refractivity contribution in [2.45, 2.75) is 18.6 Å². The van der Waals surface area contributed by atoms with Gasteiger partial charge in [0.15, 0.2) is 18.1 Å². The van der Waals surface area contributed by atoms with Crippen LogP contribution in [0.4, 0.5) is 5.69 Å². The summed E-state index contributed by atoms with van der Waals surface area (Å²) in [5.74, 6) is -0.240. The average Bonchev–Trinajstić information content (AvgIpc) is 2.90. The van der Waals surface area contributed by atoms with E-state index in [0.29, 0.717) is 24.6 Å². The van der Waals surface area contributed by atoms with Crippen molar-refractivity contribution in [2.24, 2.45) is 0 Å². The molecule has 0 spiro atoms. The lowest BCUT2D eigenvalue weighted by Crippen LogP contribution is -2.52. The summed E-state index contributed by atoms with van der Waals surface area (Å²) in [5.41, 5.74) is 1.18. The Hall–Kier alpha value is -3.50. The van der Waals surface area contributed by atoms with Crippen molar-refractivity contribution in [1.29, 1.82) is 0 Å². The van der Waals surface area contributed by atoms with E-state index in [0.717, 1.165) is 25.2 Å². The number of rotatable bonds is 10. The number of ether oxygens (including phenoxy) is 3. The number of thiol groups is 1. The number of hydrogen-bond acceptors (Lipinski definition) is 8. The van der Waals surface area contributed by atoms with E-state index >= 15 is 0 Å². The molecule has 0 bridgehead atoms. The van der Waals surface area contributed by atoms with Crippen LogP contribution in [0.25, 0.3) is 6.08 Å². The fourth-order valence-corrected chi connectivity index (χ4v) is 4.27. The lowest BCUT2D eigenvalue weighted by atomic mass is 10.1. The minimum atomic E-state index is -0.687. The fraction of sp³-hybridized carbons (Fsp3) is 0.393. The second-order valence-electron chi connectivity index (χ2n) is 9.53. The number of amides is 2. The molecule has 1 heterocycles. The maximum atomic E-state index is 12.7. The van der Waals surface area contributed by atoms with Gasteiger partial charge in [0, 0.05) is 43.5 Å². The van der Waals surface area contributed by atoms with Gasteiger partial charge in [-0.25, -0.2) is 4.79 Å². The molecule has 0 aliphatic carbocycles. The first-order valence-electron chi connectivity index (χ1n) is 12.3. The zero-order valence-corrected chi connectivity index (χ0v) is 23.1. The largest absolute Gasteiger partial charge is 0.493 e. The maximum absolute atomic E-state index is 12.7. The molecule has 2 amide bonds. The van der Waals surface area contributed by atoms with Crippen molar-refractivity contribution in [3.8, 4) is 11.5 Å². The average molecular weight is 542 g/mol. The molecule has 9 nitrogen and oxygen atoms in total. The number of carbonyl (C=O) groups excluding carboxylic acids is 3. The summed E-state index contributed by atoms with van der Waals surface area (Å²) in [4.78, 5) is 41.9. The van der Waals surface area contributed by atoms with Crippen LogP contribution in [0.5, 0.6) is 11.5 Å². The molecule has 38 heavy (non-hydrogen) atoms. The molecule has 10 heteroatoms. The number of carbonyl (C=O) groups is 3. The van der Waals surface area contributed by atoms with E-state index < -0.39 is 11.9 Å². The summed E-state index contributed by atoms with van der Waals surface area (Å²) >= 11 is 4.57. The SMILES string of the molecule is COc1ccc(/C=C/C(=O)Nc2ccccc2C(=O)OCC(=O)N2CCN(CC(C)(C)S)CC2)cc1OC. The third-order valence-electron chi connectivity index (χ3n) is 5.90. The van der Waals surface area contributed by atoms with E-state index in [1.807, 2.05) is 0 Å². The summed E-state index contributed by atoms with van der Waals surface area (Å²) < 4.78 is 15.7. The van der Waals surface area contributed by atoms with Gasteiger partial charge in [-0.05, 0) is 49.8 Å². The molecule has 1 saturated heterocycles. The molecule has 204 valence electrons. The van der Waals surface area contributed by atoms with Gasteiger partial charge in [-0.15, -0.1) is 0 Å². The monoisotopic (exact) mass is 541 g/mol. The first-order chi connectivity index (χ1) is 18.1. The predicted molar refractivity (Wildman–Crippen MR) is 150 cm³/mol.